The maximum absolute atomic E-state index is 13.0. The minimum Gasteiger partial charge on any atom is -0.226 e. The lowest BCUT2D eigenvalue weighted by Gasteiger charge is -2.04. The number of halogens is 2. The Hall–Kier alpha value is -1.94. The summed E-state index contributed by atoms with van der Waals surface area (Å²) in [5.74, 6) is -0.244. The van der Waals surface area contributed by atoms with Gasteiger partial charge in [-0.15, -0.1) is 0 Å². The van der Waals surface area contributed by atoms with Crippen LogP contribution in [0.2, 0.25) is 0 Å². The molecule has 0 spiro atoms. The van der Waals surface area contributed by atoms with Gasteiger partial charge in [0.15, 0.2) is 0 Å². The summed E-state index contributed by atoms with van der Waals surface area (Å²) in [6.07, 6.45) is 3.73. The molecule has 0 bridgehead atoms. The van der Waals surface area contributed by atoms with Crippen LogP contribution in [-0.2, 0) is 12.8 Å². The van der Waals surface area contributed by atoms with Gasteiger partial charge in [0.1, 0.15) is 10.4 Å². The van der Waals surface area contributed by atoms with Crippen LogP contribution in [0, 0.1) is 5.82 Å². The lowest BCUT2D eigenvalue weighted by molar-refractivity contribution is 0.627. The van der Waals surface area contributed by atoms with Crippen LogP contribution in [0.5, 0.6) is 0 Å². The molecule has 0 aliphatic carbocycles. The van der Waals surface area contributed by atoms with Crippen molar-refractivity contribution in [2.24, 2.45) is 0 Å². The largest absolute Gasteiger partial charge is 0.226 e. The standard InChI is InChI=1S/C17H14BrFN2/c18-17-14(7-6-13-4-2-1-3-5-13)12-20-21(17)16-10-8-15(19)9-11-16/h1-5,8-12H,6-7H2. The number of aryl methyl sites for hydroxylation is 2. The molecule has 2 aromatic carbocycles. The van der Waals surface area contributed by atoms with Gasteiger partial charge in [-0.05, 0) is 58.6 Å². The van der Waals surface area contributed by atoms with Crippen molar-refractivity contribution in [3.63, 3.8) is 0 Å². The van der Waals surface area contributed by atoms with E-state index in [1.807, 2.05) is 24.4 Å². The quantitative estimate of drug-likeness (QED) is 0.678. The van der Waals surface area contributed by atoms with E-state index in [4.69, 9.17) is 0 Å². The van der Waals surface area contributed by atoms with Crippen molar-refractivity contribution in [1.82, 2.24) is 9.78 Å². The van der Waals surface area contributed by atoms with Gasteiger partial charge in [-0.3, -0.25) is 0 Å². The average molecular weight is 345 g/mol. The molecule has 1 aromatic heterocycles. The molecule has 0 N–H and O–H groups in total. The summed E-state index contributed by atoms with van der Waals surface area (Å²) < 4.78 is 15.7. The second-order valence-electron chi connectivity index (χ2n) is 4.83. The normalized spacial score (nSPS) is 10.8. The van der Waals surface area contributed by atoms with Crippen LogP contribution in [0.3, 0.4) is 0 Å². The molecule has 2 nitrogen and oxygen atoms in total. The van der Waals surface area contributed by atoms with Crippen molar-refractivity contribution in [3.8, 4) is 5.69 Å². The zero-order valence-electron chi connectivity index (χ0n) is 11.3. The molecule has 0 radical (unpaired) electrons. The third-order valence-corrected chi connectivity index (χ3v) is 4.22. The second kappa shape index (κ2) is 6.22. The number of benzene rings is 2. The minimum absolute atomic E-state index is 0.244. The van der Waals surface area contributed by atoms with Crippen LogP contribution in [0.25, 0.3) is 5.69 Å². The van der Waals surface area contributed by atoms with E-state index in [2.05, 4.69) is 33.2 Å². The van der Waals surface area contributed by atoms with Gasteiger partial charge >= 0.3 is 0 Å². The minimum atomic E-state index is -0.244. The number of hydrogen-bond donors (Lipinski definition) is 0. The second-order valence-corrected chi connectivity index (χ2v) is 5.59. The van der Waals surface area contributed by atoms with E-state index in [9.17, 15) is 4.39 Å². The number of hydrogen-bond acceptors (Lipinski definition) is 1. The van der Waals surface area contributed by atoms with Crippen molar-refractivity contribution in [2.75, 3.05) is 0 Å². The summed E-state index contributed by atoms with van der Waals surface area (Å²) in [6, 6.07) is 16.7. The molecule has 1 heterocycles. The van der Waals surface area contributed by atoms with Gasteiger partial charge in [0.05, 0.1) is 11.9 Å². The summed E-state index contributed by atoms with van der Waals surface area (Å²) >= 11 is 3.59. The smallest absolute Gasteiger partial charge is 0.123 e. The van der Waals surface area contributed by atoms with E-state index in [1.54, 1.807) is 16.8 Å². The van der Waals surface area contributed by atoms with E-state index >= 15 is 0 Å². The first-order valence-electron chi connectivity index (χ1n) is 6.76. The highest BCUT2D eigenvalue weighted by Crippen LogP contribution is 2.22. The van der Waals surface area contributed by atoms with E-state index < -0.39 is 0 Å². The highest BCUT2D eigenvalue weighted by atomic mass is 79.9. The highest BCUT2D eigenvalue weighted by Gasteiger charge is 2.09. The summed E-state index contributed by atoms with van der Waals surface area (Å²) in [6.45, 7) is 0. The monoisotopic (exact) mass is 344 g/mol. The predicted octanol–water partition coefficient (Wildman–Crippen LogP) is 4.56. The van der Waals surface area contributed by atoms with Gasteiger partial charge in [0.25, 0.3) is 0 Å². The Morgan fingerprint density at radius 1 is 0.952 bits per heavy atom. The molecule has 0 amide bonds. The Morgan fingerprint density at radius 3 is 2.38 bits per heavy atom. The maximum atomic E-state index is 13.0. The summed E-state index contributed by atoms with van der Waals surface area (Å²) in [5.41, 5.74) is 3.29. The Kier molecular flexibility index (Phi) is 4.15. The van der Waals surface area contributed by atoms with E-state index in [0.717, 1.165) is 28.7 Å². The summed E-state index contributed by atoms with van der Waals surface area (Å²) in [4.78, 5) is 0. The van der Waals surface area contributed by atoms with Crippen LogP contribution >= 0.6 is 15.9 Å². The first-order chi connectivity index (χ1) is 10.2. The van der Waals surface area contributed by atoms with Gasteiger partial charge < -0.3 is 0 Å². The topological polar surface area (TPSA) is 17.8 Å². The Labute approximate surface area is 131 Å². The number of aromatic nitrogens is 2. The molecule has 3 aromatic rings. The zero-order chi connectivity index (χ0) is 14.7. The molecule has 0 unspecified atom stereocenters. The van der Waals surface area contributed by atoms with E-state index in [1.165, 1.54) is 17.7 Å². The first-order valence-corrected chi connectivity index (χ1v) is 7.55. The average Bonchev–Trinajstić information content (AvgIpc) is 2.88. The zero-order valence-corrected chi connectivity index (χ0v) is 12.9. The Bertz CT molecular complexity index is 720. The van der Waals surface area contributed by atoms with Crippen LogP contribution in [0.15, 0.2) is 65.4 Å². The van der Waals surface area contributed by atoms with Crippen LogP contribution in [0.1, 0.15) is 11.1 Å². The molecule has 0 atom stereocenters. The third kappa shape index (κ3) is 3.22. The molecule has 3 rings (SSSR count). The van der Waals surface area contributed by atoms with Crippen LogP contribution < -0.4 is 0 Å². The van der Waals surface area contributed by atoms with Crippen molar-refractivity contribution < 1.29 is 4.39 Å². The van der Waals surface area contributed by atoms with Crippen molar-refractivity contribution in [3.05, 3.63) is 82.3 Å². The Morgan fingerprint density at radius 2 is 1.67 bits per heavy atom. The number of nitrogens with zero attached hydrogens (tertiary/aromatic N) is 2. The van der Waals surface area contributed by atoms with Gasteiger partial charge in [-0.1, -0.05) is 30.3 Å². The molecule has 21 heavy (non-hydrogen) atoms. The van der Waals surface area contributed by atoms with Gasteiger partial charge in [-0.25, -0.2) is 9.07 Å². The molecule has 106 valence electrons. The van der Waals surface area contributed by atoms with Crippen molar-refractivity contribution in [1.29, 1.82) is 0 Å². The molecule has 0 saturated heterocycles. The summed E-state index contributed by atoms with van der Waals surface area (Å²) in [5, 5.41) is 4.38. The number of rotatable bonds is 4. The lowest BCUT2D eigenvalue weighted by Crippen LogP contribution is -1.97. The lowest BCUT2D eigenvalue weighted by atomic mass is 10.1. The third-order valence-electron chi connectivity index (χ3n) is 3.38. The maximum Gasteiger partial charge on any atom is 0.123 e. The fourth-order valence-corrected chi connectivity index (χ4v) is 2.82. The molecule has 0 aliphatic rings. The molecule has 0 saturated carbocycles. The molecular formula is C17H14BrFN2. The highest BCUT2D eigenvalue weighted by molar-refractivity contribution is 9.10. The fraction of sp³-hybridized carbons (Fsp3) is 0.118. The fourth-order valence-electron chi connectivity index (χ4n) is 2.22. The molecule has 4 heteroatoms. The van der Waals surface area contributed by atoms with Crippen molar-refractivity contribution >= 4 is 15.9 Å². The predicted molar refractivity (Wildman–Crippen MR) is 85.1 cm³/mol. The van der Waals surface area contributed by atoms with E-state index in [-0.39, 0.29) is 5.82 Å². The van der Waals surface area contributed by atoms with Gasteiger partial charge in [-0.2, -0.15) is 5.10 Å². The van der Waals surface area contributed by atoms with Gasteiger partial charge in [0.2, 0.25) is 0 Å². The Balaban J connectivity index is 1.78. The van der Waals surface area contributed by atoms with E-state index in [0.29, 0.717) is 0 Å². The molecular weight excluding hydrogens is 331 g/mol. The SMILES string of the molecule is Fc1ccc(-n2ncc(CCc3ccccc3)c2Br)cc1. The molecule has 0 aliphatic heterocycles. The van der Waals surface area contributed by atoms with Gasteiger partial charge in [0, 0.05) is 5.56 Å². The summed E-state index contributed by atoms with van der Waals surface area (Å²) in [7, 11) is 0. The molecule has 0 fully saturated rings. The van der Waals surface area contributed by atoms with Crippen LogP contribution in [-0.4, -0.2) is 9.78 Å². The van der Waals surface area contributed by atoms with Crippen LogP contribution in [0.4, 0.5) is 4.39 Å². The first kappa shape index (κ1) is 14.0. The van der Waals surface area contributed by atoms with Crippen molar-refractivity contribution in [2.45, 2.75) is 12.8 Å².